The number of anilines is 1. The first kappa shape index (κ1) is 22.8. The van der Waals surface area contributed by atoms with Crippen molar-refractivity contribution in [3.63, 3.8) is 0 Å². The van der Waals surface area contributed by atoms with Crippen LogP contribution in [-0.4, -0.2) is 38.9 Å². The van der Waals surface area contributed by atoms with E-state index in [1.54, 1.807) is 36.1 Å². The summed E-state index contributed by atoms with van der Waals surface area (Å²) in [6.07, 6.45) is 7.07. The number of para-hydroxylation sites is 1. The second-order valence-electron chi connectivity index (χ2n) is 7.27. The number of nitrogens with zero attached hydrogens (tertiary/aromatic N) is 2. The van der Waals surface area contributed by atoms with Crippen molar-refractivity contribution in [2.24, 2.45) is 0 Å². The van der Waals surface area contributed by atoms with E-state index in [1.165, 1.54) is 6.20 Å². The SMILES string of the molecule is O=C(CCCCC[C@H](NC(=O)c1cccnc1)C(=O)Nc1cccc2cccnc12)NO. The van der Waals surface area contributed by atoms with Gasteiger partial charge in [-0.3, -0.25) is 29.6 Å². The monoisotopic (exact) mass is 435 g/mol. The molecule has 32 heavy (non-hydrogen) atoms. The summed E-state index contributed by atoms with van der Waals surface area (Å²) in [6, 6.07) is 11.7. The summed E-state index contributed by atoms with van der Waals surface area (Å²) in [5.41, 5.74) is 3.18. The minimum Gasteiger partial charge on any atom is -0.340 e. The van der Waals surface area contributed by atoms with E-state index in [0.29, 0.717) is 42.5 Å². The number of hydrogen-bond donors (Lipinski definition) is 4. The van der Waals surface area contributed by atoms with Gasteiger partial charge in [0.05, 0.1) is 16.8 Å². The molecule has 0 fully saturated rings. The molecule has 1 aromatic carbocycles. The van der Waals surface area contributed by atoms with E-state index >= 15 is 0 Å². The average molecular weight is 435 g/mol. The Morgan fingerprint density at radius 1 is 0.969 bits per heavy atom. The van der Waals surface area contributed by atoms with E-state index in [0.717, 1.165) is 5.39 Å². The first-order valence-electron chi connectivity index (χ1n) is 10.4. The van der Waals surface area contributed by atoms with E-state index in [1.807, 2.05) is 24.3 Å². The quantitative estimate of drug-likeness (QED) is 0.220. The summed E-state index contributed by atoms with van der Waals surface area (Å²) in [7, 11) is 0. The molecule has 0 aliphatic carbocycles. The fourth-order valence-corrected chi connectivity index (χ4v) is 3.30. The fraction of sp³-hybridized carbons (Fsp3) is 0.261. The summed E-state index contributed by atoms with van der Waals surface area (Å²) in [5, 5.41) is 15.1. The highest BCUT2D eigenvalue weighted by atomic mass is 16.5. The van der Waals surface area contributed by atoms with Crippen molar-refractivity contribution in [2.45, 2.75) is 38.1 Å². The lowest BCUT2D eigenvalue weighted by molar-refractivity contribution is -0.129. The van der Waals surface area contributed by atoms with Gasteiger partial charge in [0.1, 0.15) is 6.04 Å². The van der Waals surface area contributed by atoms with Crippen LogP contribution in [0, 0.1) is 0 Å². The fourth-order valence-electron chi connectivity index (χ4n) is 3.30. The van der Waals surface area contributed by atoms with Gasteiger partial charge in [-0.2, -0.15) is 0 Å². The maximum atomic E-state index is 13.1. The van der Waals surface area contributed by atoms with Gasteiger partial charge in [-0.15, -0.1) is 0 Å². The van der Waals surface area contributed by atoms with Crippen molar-refractivity contribution < 1.29 is 19.6 Å². The molecule has 3 aromatic rings. The molecule has 166 valence electrons. The molecule has 4 N–H and O–H groups in total. The highest BCUT2D eigenvalue weighted by molar-refractivity contribution is 6.04. The number of hydrogen-bond acceptors (Lipinski definition) is 6. The Labute approximate surface area is 185 Å². The molecule has 3 rings (SSSR count). The van der Waals surface area contributed by atoms with Gasteiger partial charge in [-0.25, -0.2) is 5.48 Å². The maximum absolute atomic E-state index is 13.1. The number of unbranched alkanes of at least 4 members (excludes halogenated alkanes) is 2. The molecule has 2 aromatic heterocycles. The second-order valence-corrected chi connectivity index (χ2v) is 7.27. The normalized spacial score (nSPS) is 11.5. The molecule has 0 saturated carbocycles. The predicted octanol–water partition coefficient (Wildman–Crippen LogP) is 2.82. The molecule has 0 radical (unpaired) electrons. The number of carbonyl (C=O) groups is 3. The number of nitrogens with one attached hydrogen (secondary N) is 3. The van der Waals surface area contributed by atoms with Crippen LogP contribution >= 0.6 is 0 Å². The third-order valence-electron chi connectivity index (χ3n) is 4.96. The zero-order chi connectivity index (χ0) is 22.8. The number of hydroxylamine groups is 1. The Morgan fingerprint density at radius 2 is 1.78 bits per heavy atom. The van der Waals surface area contributed by atoms with Crippen LogP contribution in [0.4, 0.5) is 5.69 Å². The van der Waals surface area contributed by atoms with Gasteiger partial charge in [-0.05, 0) is 37.1 Å². The van der Waals surface area contributed by atoms with Gasteiger partial charge in [0, 0.05) is 30.4 Å². The van der Waals surface area contributed by atoms with Gasteiger partial charge in [-0.1, -0.05) is 31.0 Å². The molecule has 0 saturated heterocycles. The highest BCUT2D eigenvalue weighted by Crippen LogP contribution is 2.21. The van der Waals surface area contributed by atoms with Crippen LogP contribution in [0.15, 0.2) is 61.1 Å². The molecule has 3 amide bonds. The molecular weight excluding hydrogens is 410 g/mol. The molecule has 0 unspecified atom stereocenters. The number of aromatic nitrogens is 2. The number of pyridine rings is 2. The van der Waals surface area contributed by atoms with E-state index in [-0.39, 0.29) is 12.3 Å². The molecule has 1 atom stereocenters. The van der Waals surface area contributed by atoms with Crippen molar-refractivity contribution in [2.75, 3.05) is 5.32 Å². The molecule has 2 heterocycles. The van der Waals surface area contributed by atoms with Crippen molar-refractivity contribution in [3.05, 3.63) is 66.6 Å². The molecule has 0 bridgehead atoms. The first-order valence-corrected chi connectivity index (χ1v) is 10.4. The molecule has 0 aliphatic rings. The van der Waals surface area contributed by atoms with Crippen molar-refractivity contribution in [3.8, 4) is 0 Å². The zero-order valence-electron chi connectivity index (χ0n) is 17.5. The van der Waals surface area contributed by atoms with Crippen molar-refractivity contribution >= 4 is 34.3 Å². The Balaban J connectivity index is 1.69. The lowest BCUT2D eigenvalue weighted by Gasteiger charge is -2.19. The van der Waals surface area contributed by atoms with Gasteiger partial charge < -0.3 is 10.6 Å². The summed E-state index contributed by atoms with van der Waals surface area (Å²) >= 11 is 0. The standard InChI is InChI=1S/C23H25N5O4/c29-20(28-32)12-3-1-2-10-19(27-22(30)17-9-5-13-24-15-17)23(31)26-18-11-4-7-16-8-6-14-25-21(16)18/h4-9,11,13-15,19,32H,1-3,10,12H2,(H,26,31)(H,27,30)(H,28,29)/t19-/m0/s1. The number of fused-ring (bicyclic) bond motifs is 1. The largest absolute Gasteiger partial charge is 0.340 e. The van der Waals surface area contributed by atoms with Gasteiger partial charge >= 0.3 is 0 Å². The number of amides is 3. The number of benzene rings is 1. The van der Waals surface area contributed by atoms with Gasteiger partial charge in [0.15, 0.2) is 0 Å². The van der Waals surface area contributed by atoms with Crippen LogP contribution in [-0.2, 0) is 9.59 Å². The molecule has 0 aliphatic heterocycles. The molecular formula is C23H25N5O4. The first-order chi connectivity index (χ1) is 15.6. The summed E-state index contributed by atoms with van der Waals surface area (Å²) in [5.74, 6) is -1.20. The lowest BCUT2D eigenvalue weighted by Crippen LogP contribution is -2.43. The van der Waals surface area contributed by atoms with Crippen LogP contribution in [0.2, 0.25) is 0 Å². The van der Waals surface area contributed by atoms with Crippen molar-refractivity contribution in [1.29, 1.82) is 0 Å². The van der Waals surface area contributed by atoms with Crippen LogP contribution in [0.1, 0.15) is 42.5 Å². The van der Waals surface area contributed by atoms with Crippen LogP contribution < -0.4 is 16.1 Å². The predicted molar refractivity (Wildman–Crippen MR) is 119 cm³/mol. The number of rotatable bonds is 10. The maximum Gasteiger partial charge on any atom is 0.253 e. The van der Waals surface area contributed by atoms with Crippen molar-refractivity contribution in [1.82, 2.24) is 20.8 Å². The van der Waals surface area contributed by atoms with Crippen LogP contribution in [0.5, 0.6) is 0 Å². The van der Waals surface area contributed by atoms with Gasteiger partial charge in [0.2, 0.25) is 11.8 Å². The Hall–Kier alpha value is -3.85. The molecule has 9 nitrogen and oxygen atoms in total. The summed E-state index contributed by atoms with van der Waals surface area (Å²) in [4.78, 5) is 45.1. The summed E-state index contributed by atoms with van der Waals surface area (Å²) < 4.78 is 0. The van der Waals surface area contributed by atoms with E-state index in [9.17, 15) is 14.4 Å². The topological polar surface area (TPSA) is 133 Å². The van der Waals surface area contributed by atoms with E-state index in [2.05, 4.69) is 20.6 Å². The average Bonchev–Trinajstić information content (AvgIpc) is 2.83. The Kier molecular flexibility index (Phi) is 8.22. The third-order valence-corrected chi connectivity index (χ3v) is 4.96. The molecule has 0 spiro atoms. The van der Waals surface area contributed by atoms with E-state index in [4.69, 9.17) is 5.21 Å². The zero-order valence-corrected chi connectivity index (χ0v) is 17.5. The second kappa shape index (κ2) is 11.5. The summed E-state index contributed by atoms with van der Waals surface area (Å²) in [6.45, 7) is 0. The minimum absolute atomic E-state index is 0.192. The Morgan fingerprint density at radius 3 is 2.56 bits per heavy atom. The van der Waals surface area contributed by atoms with Crippen LogP contribution in [0.25, 0.3) is 10.9 Å². The lowest BCUT2D eigenvalue weighted by atomic mass is 10.1. The Bertz CT molecular complexity index is 1070. The van der Waals surface area contributed by atoms with Gasteiger partial charge in [0.25, 0.3) is 5.91 Å². The third kappa shape index (κ3) is 6.32. The number of carbonyl (C=O) groups excluding carboxylic acids is 3. The smallest absolute Gasteiger partial charge is 0.253 e. The highest BCUT2D eigenvalue weighted by Gasteiger charge is 2.22. The molecule has 9 heteroatoms. The van der Waals surface area contributed by atoms with E-state index < -0.39 is 17.9 Å². The minimum atomic E-state index is -0.784. The van der Waals surface area contributed by atoms with Crippen LogP contribution in [0.3, 0.4) is 0 Å².